The quantitative estimate of drug-likeness (QED) is 0.712. The number of anilines is 3. The summed E-state index contributed by atoms with van der Waals surface area (Å²) in [6, 6.07) is 2.78. The molecule has 0 aromatic carbocycles. The summed E-state index contributed by atoms with van der Waals surface area (Å²) < 4.78 is 42.8. The smallest absolute Gasteiger partial charge is 0.170 e. The highest BCUT2D eigenvalue weighted by atomic mass is 19.1. The molecule has 0 spiro atoms. The van der Waals surface area contributed by atoms with Crippen LogP contribution in [0.4, 0.5) is 30.6 Å². The Morgan fingerprint density at radius 1 is 1.15 bits per heavy atom. The van der Waals surface area contributed by atoms with Crippen LogP contribution in [0.25, 0.3) is 0 Å². The van der Waals surface area contributed by atoms with Gasteiger partial charge in [0.25, 0.3) is 0 Å². The molecule has 3 aromatic heterocycles. The molecule has 0 aliphatic heterocycles. The fourth-order valence-electron chi connectivity index (χ4n) is 2.39. The first-order chi connectivity index (χ1) is 12.9. The van der Waals surface area contributed by atoms with Crippen LogP contribution in [0.5, 0.6) is 0 Å². The Morgan fingerprint density at radius 2 is 1.93 bits per heavy atom. The summed E-state index contributed by atoms with van der Waals surface area (Å²) >= 11 is 0. The van der Waals surface area contributed by atoms with Gasteiger partial charge in [-0.2, -0.15) is 5.26 Å². The van der Waals surface area contributed by atoms with Crippen LogP contribution in [-0.2, 0) is 7.05 Å². The third-order valence-electron chi connectivity index (χ3n) is 3.65. The molecule has 1 atom stereocenters. The Kier molecular flexibility index (Phi) is 4.94. The van der Waals surface area contributed by atoms with Crippen LogP contribution in [-0.4, -0.2) is 19.5 Å². The molecule has 0 saturated heterocycles. The van der Waals surface area contributed by atoms with Crippen LogP contribution >= 0.6 is 0 Å². The molecule has 27 heavy (non-hydrogen) atoms. The zero-order chi connectivity index (χ0) is 19.6. The average Bonchev–Trinajstić information content (AvgIpc) is 3.02. The molecule has 0 radical (unpaired) electrons. The summed E-state index contributed by atoms with van der Waals surface area (Å²) in [5, 5.41) is 14.7. The van der Waals surface area contributed by atoms with Crippen LogP contribution in [0.15, 0.2) is 30.9 Å². The van der Waals surface area contributed by atoms with Gasteiger partial charge in [-0.1, -0.05) is 0 Å². The first-order valence-corrected chi connectivity index (χ1v) is 7.80. The number of halogens is 3. The van der Waals surface area contributed by atoms with Crippen molar-refractivity contribution >= 4 is 17.5 Å². The molecule has 138 valence electrons. The molecule has 0 fully saturated rings. The van der Waals surface area contributed by atoms with Crippen LogP contribution in [0, 0.1) is 28.8 Å². The highest BCUT2D eigenvalue weighted by Gasteiger charge is 2.18. The zero-order valence-corrected chi connectivity index (χ0v) is 14.3. The molecular formula is C17H14F3N7. The van der Waals surface area contributed by atoms with Gasteiger partial charge in [-0.25, -0.2) is 23.1 Å². The van der Waals surface area contributed by atoms with E-state index in [9.17, 15) is 18.4 Å². The fraction of sp³-hybridized carbons (Fsp3) is 0.176. The molecule has 3 heterocycles. The van der Waals surface area contributed by atoms with Gasteiger partial charge in [-0.3, -0.25) is 4.98 Å². The average molecular weight is 373 g/mol. The van der Waals surface area contributed by atoms with Gasteiger partial charge in [-0.15, -0.1) is 0 Å². The van der Waals surface area contributed by atoms with Crippen LogP contribution in [0.1, 0.15) is 24.2 Å². The van der Waals surface area contributed by atoms with E-state index in [1.807, 2.05) is 6.07 Å². The summed E-state index contributed by atoms with van der Waals surface area (Å²) in [6.45, 7) is 1.56. The van der Waals surface area contributed by atoms with Crippen molar-refractivity contribution in [2.45, 2.75) is 13.0 Å². The second-order valence-electron chi connectivity index (χ2n) is 5.76. The molecule has 0 saturated carbocycles. The minimum atomic E-state index is -0.845. The fourth-order valence-corrected chi connectivity index (χ4v) is 2.39. The van der Waals surface area contributed by atoms with Crippen LogP contribution < -0.4 is 10.6 Å². The monoisotopic (exact) mass is 373 g/mol. The Bertz CT molecular complexity index is 1030. The van der Waals surface area contributed by atoms with Crippen LogP contribution in [0.3, 0.4) is 0 Å². The lowest BCUT2D eigenvalue weighted by molar-refractivity contribution is 0.550. The van der Waals surface area contributed by atoms with Gasteiger partial charge in [0, 0.05) is 19.3 Å². The molecule has 10 heteroatoms. The van der Waals surface area contributed by atoms with Crippen LogP contribution in [0.2, 0.25) is 0 Å². The van der Waals surface area contributed by atoms with E-state index in [1.165, 1.54) is 6.33 Å². The van der Waals surface area contributed by atoms with Crippen molar-refractivity contribution in [3.05, 3.63) is 59.6 Å². The second-order valence-corrected chi connectivity index (χ2v) is 5.76. The third kappa shape index (κ3) is 3.98. The highest BCUT2D eigenvalue weighted by Crippen LogP contribution is 2.26. The summed E-state index contributed by atoms with van der Waals surface area (Å²) in [6.07, 6.45) is 4.02. The molecule has 0 aliphatic carbocycles. The van der Waals surface area contributed by atoms with Gasteiger partial charge in [0.1, 0.15) is 29.3 Å². The molecule has 3 rings (SSSR count). The zero-order valence-electron chi connectivity index (χ0n) is 14.3. The lowest BCUT2D eigenvalue weighted by Gasteiger charge is -2.16. The minimum Gasteiger partial charge on any atom is -0.361 e. The predicted molar refractivity (Wildman–Crippen MR) is 91.6 cm³/mol. The minimum absolute atomic E-state index is 0.0235. The third-order valence-corrected chi connectivity index (χ3v) is 3.65. The largest absolute Gasteiger partial charge is 0.361 e. The Balaban J connectivity index is 1.91. The topological polar surface area (TPSA) is 91.5 Å². The number of rotatable bonds is 5. The Labute approximate surface area is 152 Å². The summed E-state index contributed by atoms with van der Waals surface area (Å²) in [7, 11) is 1.75. The summed E-state index contributed by atoms with van der Waals surface area (Å²) in [4.78, 5) is 11.8. The Hall–Kier alpha value is -3.61. The molecule has 0 unspecified atom stereocenters. The van der Waals surface area contributed by atoms with Crippen molar-refractivity contribution in [3.63, 3.8) is 0 Å². The number of aromatic nitrogens is 4. The first kappa shape index (κ1) is 18.2. The van der Waals surface area contributed by atoms with Crippen molar-refractivity contribution in [1.29, 1.82) is 5.26 Å². The van der Waals surface area contributed by atoms with E-state index in [0.29, 0.717) is 11.9 Å². The number of pyridine rings is 2. The van der Waals surface area contributed by atoms with Gasteiger partial charge in [0.15, 0.2) is 11.6 Å². The molecule has 0 bridgehead atoms. The molecule has 2 N–H and O–H groups in total. The maximum Gasteiger partial charge on any atom is 0.170 e. The number of imidazole rings is 1. The van der Waals surface area contributed by atoms with Gasteiger partial charge in [0.2, 0.25) is 0 Å². The van der Waals surface area contributed by atoms with Crippen molar-refractivity contribution < 1.29 is 13.2 Å². The first-order valence-electron chi connectivity index (χ1n) is 7.80. The lowest BCUT2D eigenvalue weighted by Crippen LogP contribution is -2.14. The Morgan fingerprint density at radius 3 is 2.56 bits per heavy atom. The summed E-state index contributed by atoms with van der Waals surface area (Å²) in [5.41, 5.74) is -0.140. The second kappa shape index (κ2) is 7.33. The number of nitrogens with zero attached hydrogens (tertiary/aromatic N) is 5. The summed E-state index contributed by atoms with van der Waals surface area (Å²) in [5.74, 6) is -2.17. The number of aryl methyl sites for hydroxylation is 1. The highest BCUT2D eigenvalue weighted by molar-refractivity contribution is 5.61. The van der Waals surface area contributed by atoms with E-state index < -0.39 is 23.5 Å². The van der Waals surface area contributed by atoms with Crippen molar-refractivity contribution in [2.24, 2.45) is 7.05 Å². The van der Waals surface area contributed by atoms with Crippen molar-refractivity contribution in [3.8, 4) is 6.07 Å². The maximum absolute atomic E-state index is 14.2. The van der Waals surface area contributed by atoms with Crippen molar-refractivity contribution in [2.75, 3.05) is 10.6 Å². The molecule has 7 nitrogen and oxygen atoms in total. The van der Waals surface area contributed by atoms with E-state index in [2.05, 4.69) is 25.6 Å². The molecule has 0 aliphatic rings. The maximum atomic E-state index is 14.2. The normalized spacial score (nSPS) is 11.7. The molecule has 3 aromatic rings. The predicted octanol–water partition coefficient (Wildman–Crippen LogP) is 3.42. The number of nitriles is 1. The molecule has 0 amide bonds. The number of hydrogen-bond donors (Lipinski definition) is 2. The molecular weight excluding hydrogens is 359 g/mol. The van der Waals surface area contributed by atoms with E-state index in [0.717, 1.165) is 12.3 Å². The lowest BCUT2D eigenvalue weighted by atomic mass is 10.2. The number of hydrogen-bond acceptors (Lipinski definition) is 6. The van der Waals surface area contributed by atoms with Gasteiger partial charge >= 0.3 is 0 Å². The number of nitrogens with one attached hydrogen (secondary N) is 2. The van der Waals surface area contributed by atoms with Gasteiger partial charge < -0.3 is 15.2 Å². The van der Waals surface area contributed by atoms with E-state index in [1.54, 1.807) is 24.7 Å². The SMILES string of the molecule is C[C@H](Nc1nc(Nc2cn(C)cn2)c(F)cc1C#N)c1ncc(F)cc1F. The van der Waals surface area contributed by atoms with Gasteiger partial charge in [-0.05, 0) is 13.0 Å². The van der Waals surface area contributed by atoms with Crippen molar-refractivity contribution in [1.82, 2.24) is 19.5 Å². The standard InChI is InChI=1S/C17H14F3N7/c1-9(15-12(19)4-11(18)6-22-15)24-16-10(5-21)3-13(20)17(26-16)25-14-7-27(2)8-23-14/h3-4,6-9H,1-2H3,(H2,24,25,26)/t9-/m0/s1. The van der Waals surface area contributed by atoms with E-state index in [-0.39, 0.29) is 22.9 Å². The van der Waals surface area contributed by atoms with E-state index in [4.69, 9.17) is 0 Å². The van der Waals surface area contributed by atoms with Gasteiger partial charge in [0.05, 0.1) is 29.8 Å². The van der Waals surface area contributed by atoms with E-state index >= 15 is 0 Å².